The van der Waals surface area contributed by atoms with Gasteiger partial charge in [-0.15, -0.1) is 11.3 Å². The Kier molecular flexibility index (Phi) is 10.6. The zero-order chi connectivity index (χ0) is 27.5. The number of likely N-dealkylation sites (tertiary alicyclic amines) is 1. The third-order valence-electron chi connectivity index (χ3n) is 6.15. The zero-order valence-corrected chi connectivity index (χ0v) is 23.7. The van der Waals surface area contributed by atoms with E-state index in [0.29, 0.717) is 35.4 Å². The smallest absolute Gasteiger partial charge is 0.280 e. The van der Waals surface area contributed by atoms with Crippen molar-refractivity contribution >= 4 is 33.0 Å². The van der Waals surface area contributed by atoms with Gasteiger partial charge < -0.3 is 15.0 Å². The average molecular weight is 578 g/mol. The van der Waals surface area contributed by atoms with Crippen LogP contribution < -0.4 is 14.8 Å². The van der Waals surface area contributed by atoms with Gasteiger partial charge in [0.1, 0.15) is 5.69 Å². The Balaban J connectivity index is 0.000000331. The van der Waals surface area contributed by atoms with E-state index in [1.807, 2.05) is 6.92 Å². The Morgan fingerprint density at radius 2 is 1.90 bits per heavy atom. The highest BCUT2D eigenvalue weighted by molar-refractivity contribution is 7.93. The highest BCUT2D eigenvalue weighted by atomic mass is 32.2. The zero-order valence-electron chi connectivity index (χ0n) is 22.1. The molecule has 1 aliphatic heterocycles. The summed E-state index contributed by atoms with van der Waals surface area (Å²) in [5.74, 6) is 0.343. The van der Waals surface area contributed by atoms with Crippen LogP contribution in [0.1, 0.15) is 58.1 Å². The third-order valence-corrected chi connectivity index (χ3v) is 9.03. The Hall–Kier alpha value is -3.16. The van der Waals surface area contributed by atoms with E-state index in [9.17, 15) is 13.2 Å². The van der Waals surface area contributed by atoms with Crippen LogP contribution in [0, 0.1) is 0 Å². The largest absolute Gasteiger partial charge is 0.477 e. The lowest BCUT2D eigenvalue weighted by Gasteiger charge is -2.26. The molecule has 1 amide bonds. The van der Waals surface area contributed by atoms with E-state index in [0.717, 1.165) is 30.7 Å². The molecule has 5 rings (SSSR count). The quantitative estimate of drug-likeness (QED) is 0.323. The van der Waals surface area contributed by atoms with Gasteiger partial charge in [-0.2, -0.15) is 0 Å². The molecule has 11 nitrogen and oxygen atoms in total. The van der Waals surface area contributed by atoms with Crippen molar-refractivity contribution in [3.63, 3.8) is 0 Å². The Morgan fingerprint density at radius 3 is 2.62 bits per heavy atom. The van der Waals surface area contributed by atoms with Crippen LogP contribution in [0.15, 0.2) is 43.1 Å². The van der Waals surface area contributed by atoms with Gasteiger partial charge in [0.15, 0.2) is 5.01 Å². The minimum Gasteiger partial charge on any atom is -0.477 e. The summed E-state index contributed by atoms with van der Waals surface area (Å²) in [5, 5.41) is 3.22. The molecule has 1 aliphatic carbocycles. The van der Waals surface area contributed by atoms with Crippen LogP contribution in [0.4, 0.5) is 5.69 Å². The lowest BCUT2D eigenvalue weighted by atomic mass is 10.1. The van der Waals surface area contributed by atoms with Gasteiger partial charge in [0, 0.05) is 28.0 Å². The molecule has 2 N–H and O–H groups in total. The Morgan fingerprint density at radius 1 is 1.13 bits per heavy atom. The molecule has 2 aliphatic rings. The van der Waals surface area contributed by atoms with E-state index in [4.69, 9.17) is 4.74 Å². The number of thiazole rings is 1. The normalized spacial score (nSPS) is 15.6. The number of pyridine rings is 1. The number of anilines is 1. The van der Waals surface area contributed by atoms with E-state index >= 15 is 0 Å². The van der Waals surface area contributed by atoms with Crippen LogP contribution in [-0.2, 0) is 10.0 Å². The molecule has 0 bridgehead atoms. The topological polar surface area (TPSA) is 139 Å². The predicted molar refractivity (Wildman–Crippen MR) is 156 cm³/mol. The molecule has 1 saturated heterocycles. The molecular formula is C26H39N7O4S2. The van der Waals surface area contributed by atoms with Crippen LogP contribution in [0.25, 0.3) is 10.6 Å². The summed E-state index contributed by atoms with van der Waals surface area (Å²) in [6.07, 6.45) is 14.5. The van der Waals surface area contributed by atoms with Gasteiger partial charge in [0.2, 0.25) is 15.9 Å². The van der Waals surface area contributed by atoms with E-state index < -0.39 is 10.0 Å². The fourth-order valence-corrected chi connectivity index (χ4v) is 6.17. The van der Waals surface area contributed by atoms with Gasteiger partial charge in [0.05, 0.1) is 34.8 Å². The molecule has 0 spiro atoms. The average Bonchev–Trinajstić information content (AvgIpc) is 3.71. The molecule has 0 aromatic carbocycles. The first kappa shape index (κ1) is 28.8. The van der Waals surface area contributed by atoms with Crippen molar-refractivity contribution in [3.8, 4) is 16.5 Å². The van der Waals surface area contributed by atoms with Crippen molar-refractivity contribution < 1.29 is 20.8 Å². The minimum atomic E-state index is -3.12. The maximum Gasteiger partial charge on any atom is 0.280 e. The van der Waals surface area contributed by atoms with E-state index in [1.54, 1.807) is 43.1 Å². The number of ether oxygens (including phenoxy) is 1. The minimum absolute atomic E-state index is 0. The summed E-state index contributed by atoms with van der Waals surface area (Å²) in [4.78, 5) is 32.1. The molecule has 3 aromatic heterocycles. The SMILES string of the molecule is CCOc1cncc(-c2cnc(C(=O)NCCCN3CCCCC3)s2)n1.O=S(=O)(Nc1ccncc1)C1CC1.[HH].[HH]. The molecule has 4 heterocycles. The summed E-state index contributed by atoms with van der Waals surface area (Å²) in [7, 11) is -3.12. The summed E-state index contributed by atoms with van der Waals surface area (Å²) < 4.78 is 30.7. The Labute approximate surface area is 236 Å². The number of carbonyl (C=O) groups excluding carboxylic acids is 1. The first-order valence-corrected chi connectivity index (χ1v) is 15.6. The second kappa shape index (κ2) is 14.3. The molecule has 0 unspecified atom stereocenters. The molecule has 214 valence electrons. The van der Waals surface area contributed by atoms with Crippen molar-refractivity contribution in [2.45, 2.75) is 50.7 Å². The van der Waals surface area contributed by atoms with Gasteiger partial charge in [-0.3, -0.25) is 19.5 Å². The fraction of sp³-hybridized carbons (Fsp3) is 0.500. The van der Waals surface area contributed by atoms with E-state index in [-0.39, 0.29) is 14.0 Å². The lowest BCUT2D eigenvalue weighted by Crippen LogP contribution is -2.33. The van der Waals surface area contributed by atoms with Gasteiger partial charge in [0.25, 0.3) is 5.91 Å². The van der Waals surface area contributed by atoms with Gasteiger partial charge in [-0.05, 0) is 70.8 Å². The predicted octanol–water partition coefficient (Wildman–Crippen LogP) is 4.08. The van der Waals surface area contributed by atoms with Crippen LogP contribution >= 0.6 is 11.3 Å². The maximum atomic E-state index is 12.3. The first-order chi connectivity index (χ1) is 18.9. The number of nitrogens with zero attached hydrogens (tertiary/aromatic N) is 5. The highest BCUT2D eigenvalue weighted by Crippen LogP contribution is 2.29. The molecule has 0 radical (unpaired) electrons. The van der Waals surface area contributed by atoms with Gasteiger partial charge >= 0.3 is 0 Å². The summed E-state index contributed by atoms with van der Waals surface area (Å²) in [5.41, 5.74) is 1.25. The maximum absolute atomic E-state index is 12.3. The molecule has 0 atom stereocenters. The van der Waals surface area contributed by atoms with Crippen molar-refractivity contribution in [1.29, 1.82) is 0 Å². The number of amides is 1. The second-order valence-corrected chi connectivity index (χ2v) is 12.3. The van der Waals surface area contributed by atoms with Crippen molar-refractivity contribution in [1.82, 2.24) is 30.2 Å². The lowest BCUT2D eigenvalue weighted by molar-refractivity contribution is 0.0950. The number of carbonyl (C=O) groups is 1. The number of sulfonamides is 1. The third kappa shape index (κ3) is 9.22. The number of nitrogens with one attached hydrogen (secondary N) is 2. The van der Waals surface area contributed by atoms with Gasteiger partial charge in [-0.25, -0.2) is 18.4 Å². The van der Waals surface area contributed by atoms with Crippen LogP contribution in [0.2, 0.25) is 0 Å². The van der Waals surface area contributed by atoms with Crippen molar-refractivity contribution in [2.24, 2.45) is 0 Å². The monoisotopic (exact) mass is 577 g/mol. The van der Waals surface area contributed by atoms with E-state index in [2.05, 4.69) is 34.9 Å². The van der Waals surface area contributed by atoms with Crippen LogP contribution in [-0.4, -0.2) is 77.2 Å². The molecule has 3 aromatic rings. The van der Waals surface area contributed by atoms with E-state index in [1.165, 1.54) is 43.7 Å². The number of hydrogen-bond acceptors (Lipinski definition) is 10. The van der Waals surface area contributed by atoms with Crippen LogP contribution in [0.5, 0.6) is 5.88 Å². The van der Waals surface area contributed by atoms with Crippen molar-refractivity contribution in [3.05, 3.63) is 48.1 Å². The summed E-state index contributed by atoms with van der Waals surface area (Å²) in [6.45, 7) is 6.52. The number of rotatable bonds is 11. The number of aromatic nitrogens is 4. The molecule has 13 heteroatoms. The number of hydrogen-bond donors (Lipinski definition) is 2. The molecule has 2 fully saturated rings. The molecule has 1 saturated carbocycles. The Bertz CT molecular complexity index is 1310. The molecular weight excluding hydrogens is 538 g/mol. The second-order valence-electron chi connectivity index (χ2n) is 9.30. The van der Waals surface area contributed by atoms with Crippen LogP contribution in [0.3, 0.4) is 0 Å². The van der Waals surface area contributed by atoms with Gasteiger partial charge in [-0.1, -0.05) is 6.42 Å². The number of piperidine rings is 1. The highest BCUT2D eigenvalue weighted by Gasteiger charge is 2.35. The van der Waals surface area contributed by atoms with Crippen molar-refractivity contribution in [2.75, 3.05) is 37.5 Å². The first-order valence-electron chi connectivity index (χ1n) is 13.3. The summed E-state index contributed by atoms with van der Waals surface area (Å²) >= 11 is 1.32. The fourth-order valence-electron chi connectivity index (χ4n) is 3.99. The molecule has 39 heavy (non-hydrogen) atoms. The standard InChI is InChI=1S/C18H25N5O2S.C8H10N2O2S.2H2/c1-2-25-16-13-19-11-14(22-16)15-12-21-18(26-15)17(24)20-7-6-10-23-8-4-3-5-9-23;11-13(12,8-1-2-8)10-7-3-5-9-6-4-7;;/h11-13H,2-10H2,1H3,(H,20,24);3-6,8H,1-2H2,(H,9,10);2*1H. The summed E-state index contributed by atoms with van der Waals surface area (Å²) in [6, 6.07) is 3.28.